The van der Waals surface area contributed by atoms with Crippen LogP contribution in [0.25, 0.3) is 0 Å². The predicted molar refractivity (Wildman–Crippen MR) is 67.8 cm³/mol. The summed E-state index contributed by atoms with van der Waals surface area (Å²) in [6, 6.07) is 5.26. The molecule has 2 atom stereocenters. The van der Waals surface area contributed by atoms with Gasteiger partial charge in [0, 0.05) is 6.04 Å². The van der Waals surface area contributed by atoms with Crippen molar-refractivity contribution >= 4 is 0 Å². The van der Waals surface area contributed by atoms with E-state index in [-0.39, 0.29) is 11.9 Å². The first-order valence-corrected chi connectivity index (χ1v) is 6.15. The minimum atomic E-state index is -0.171. The van der Waals surface area contributed by atoms with Crippen molar-refractivity contribution in [3.05, 3.63) is 35.1 Å². The van der Waals surface area contributed by atoms with Crippen LogP contribution in [0.1, 0.15) is 31.4 Å². The van der Waals surface area contributed by atoms with Crippen LogP contribution in [0.15, 0.2) is 18.2 Å². The van der Waals surface area contributed by atoms with Crippen LogP contribution in [0.5, 0.6) is 0 Å². The molecule has 0 aromatic heterocycles. The number of hydrogen-bond donors (Lipinski definition) is 2. The minimum Gasteiger partial charge on any atom is -0.271 e. The zero-order valence-corrected chi connectivity index (χ0v) is 10.8. The average Bonchev–Trinajstić information content (AvgIpc) is 2.86. The molecule has 0 aliphatic heterocycles. The van der Waals surface area contributed by atoms with Gasteiger partial charge in [0.05, 0.1) is 0 Å². The topological polar surface area (TPSA) is 38.0 Å². The maximum atomic E-state index is 13.0. The molecule has 2 unspecified atom stereocenters. The Hall–Kier alpha value is -0.930. The molecule has 1 aliphatic rings. The number of hydrogen-bond acceptors (Lipinski definition) is 2. The fraction of sp³-hybridized carbons (Fsp3) is 0.571. The van der Waals surface area contributed by atoms with Gasteiger partial charge in [-0.05, 0) is 54.4 Å². The lowest BCUT2D eigenvalue weighted by Crippen LogP contribution is -2.39. The van der Waals surface area contributed by atoms with Crippen molar-refractivity contribution < 1.29 is 4.39 Å². The smallest absolute Gasteiger partial charge is 0.123 e. The van der Waals surface area contributed by atoms with Crippen LogP contribution in [-0.2, 0) is 6.42 Å². The molecule has 1 aromatic carbocycles. The molecule has 0 amide bonds. The highest BCUT2D eigenvalue weighted by molar-refractivity contribution is 5.28. The molecule has 0 spiro atoms. The van der Waals surface area contributed by atoms with Gasteiger partial charge in [-0.15, -0.1) is 0 Å². The van der Waals surface area contributed by atoms with Crippen LogP contribution in [-0.4, -0.2) is 6.04 Å². The molecule has 3 N–H and O–H groups in total. The summed E-state index contributed by atoms with van der Waals surface area (Å²) in [5.41, 5.74) is 5.49. The van der Waals surface area contributed by atoms with Crippen molar-refractivity contribution in [1.82, 2.24) is 5.43 Å². The molecule has 0 saturated heterocycles. The summed E-state index contributed by atoms with van der Waals surface area (Å²) in [5, 5.41) is 0. The zero-order valence-electron chi connectivity index (χ0n) is 10.8. The van der Waals surface area contributed by atoms with Gasteiger partial charge in [-0.1, -0.05) is 19.9 Å². The zero-order chi connectivity index (χ0) is 12.6. The van der Waals surface area contributed by atoms with Crippen molar-refractivity contribution in [2.75, 3.05) is 0 Å². The molecule has 0 bridgehead atoms. The standard InChI is InChI=1S/C14H21FN2/c1-9-6-11(15)5-4-10(9)7-13(17-16)12-8-14(12,2)3/h4-6,12-13,17H,7-8,16H2,1-3H3. The van der Waals surface area contributed by atoms with E-state index in [0.29, 0.717) is 11.3 Å². The normalized spacial score (nSPS) is 23.5. The van der Waals surface area contributed by atoms with Gasteiger partial charge in [0.25, 0.3) is 0 Å². The Kier molecular flexibility index (Phi) is 3.23. The maximum Gasteiger partial charge on any atom is 0.123 e. The molecule has 2 nitrogen and oxygen atoms in total. The van der Waals surface area contributed by atoms with Crippen LogP contribution in [0.3, 0.4) is 0 Å². The number of aryl methyl sites for hydroxylation is 1. The van der Waals surface area contributed by atoms with Gasteiger partial charge in [0.2, 0.25) is 0 Å². The quantitative estimate of drug-likeness (QED) is 0.623. The van der Waals surface area contributed by atoms with E-state index in [1.54, 1.807) is 6.07 Å². The summed E-state index contributed by atoms with van der Waals surface area (Å²) in [6.07, 6.45) is 2.08. The number of nitrogens with one attached hydrogen (secondary N) is 1. The monoisotopic (exact) mass is 236 g/mol. The maximum absolute atomic E-state index is 13.0. The van der Waals surface area contributed by atoms with Gasteiger partial charge in [-0.3, -0.25) is 11.3 Å². The Morgan fingerprint density at radius 2 is 2.18 bits per heavy atom. The molecule has 0 radical (unpaired) electrons. The van der Waals surface area contributed by atoms with Crippen molar-refractivity contribution in [1.29, 1.82) is 0 Å². The van der Waals surface area contributed by atoms with E-state index in [4.69, 9.17) is 5.84 Å². The largest absolute Gasteiger partial charge is 0.271 e. The lowest BCUT2D eigenvalue weighted by atomic mass is 9.95. The molecule has 2 rings (SSSR count). The SMILES string of the molecule is Cc1cc(F)ccc1CC(NN)C1CC1(C)C. The average molecular weight is 236 g/mol. The molecule has 0 heterocycles. The number of benzene rings is 1. The fourth-order valence-electron chi connectivity index (χ4n) is 2.64. The van der Waals surface area contributed by atoms with Crippen LogP contribution >= 0.6 is 0 Å². The van der Waals surface area contributed by atoms with Gasteiger partial charge in [0.15, 0.2) is 0 Å². The fourth-order valence-corrected chi connectivity index (χ4v) is 2.64. The summed E-state index contributed by atoms with van der Waals surface area (Å²) < 4.78 is 13.0. The van der Waals surface area contributed by atoms with Crippen LogP contribution in [0.2, 0.25) is 0 Å². The third-order valence-corrected chi connectivity index (χ3v) is 4.03. The van der Waals surface area contributed by atoms with E-state index in [0.717, 1.165) is 12.0 Å². The lowest BCUT2D eigenvalue weighted by molar-refractivity contribution is 0.408. The Morgan fingerprint density at radius 3 is 2.65 bits per heavy atom. The summed E-state index contributed by atoms with van der Waals surface area (Å²) in [4.78, 5) is 0. The van der Waals surface area contributed by atoms with E-state index in [9.17, 15) is 4.39 Å². The van der Waals surface area contributed by atoms with E-state index in [1.165, 1.54) is 18.1 Å². The third kappa shape index (κ3) is 2.67. The molecule has 1 saturated carbocycles. The summed E-state index contributed by atoms with van der Waals surface area (Å²) >= 11 is 0. The Morgan fingerprint density at radius 1 is 1.53 bits per heavy atom. The first-order chi connectivity index (χ1) is 7.94. The summed E-state index contributed by atoms with van der Waals surface area (Å²) in [7, 11) is 0. The Bertz CT molecular complexity index is 415. The van der Waals surface area contributed by atoms with Crippen LogP contribution < -0.4 is 11.3 Å². The second-order valence-corrected chi connectivity index (χ2v) is 5.85. The molecule has 1 aromatic rings. The van der Waals surface area contributed by atoms with Crippen LogP contribution in [0.4, 0.5) is 4.39 Å². The first kappa shape index (κ1) is 12.5. The molecular weight excluding hydrogens is 215 g/mol. The Balaban J connectivity index is 2.09. The minimum absolute atomic E-state index is 0.171. The number of nitrogens with two attached hydrogens (primary N) is 1. The highest BCUT2D eigenvalue weighted by Crippen LogP contribution is 2.53. The molecule has 1 aliphatic carbocycles. The first-order valence-electron chi connectivity index (χ1n) is 6.15. The highest BCUT2D eigenvalue weighted by atomic mass is 19.1. The lowest BCUT2D eigenvalue weighted by Gasteiger charge is -2.19. The van der Waals surface area contributed by atoms with E-state index < -0.39 is 0 Å². The molecular formula is C14H21FN2. The van der Waals surface area contributed by atoms with Gasteiger partial charge in [-0.25, -0.2) is 4.39 Å². The summed E-state index contributed by atoms with van der Waals surface area (Å²) in [6.45, 7) is 6.48. The van der Waals surface area contributed by atoms with Gasteiger partial charge >= 0.3 is 0 Å². The highest BCUT2D eigenvalue weighted by Gasteiger charge is 2.49. The van der Waals surface area contributed by atoms with Gasteiger partial charge in [-0.2, -0.15) is 0 Å². The predicted octanol–water partition coefficient (Wildman–Crippen LogP) is 2.55. The second-order valence-electron chi connectivity index (χ2n) is 5.85. The van der Waals surface area contributed by atoms with Gasteiger partial charge in [0.1, 0.15) is 5.82 Å². The molecule has 94 valence electrons. The van der Waals surface area contributed by atoms with Crippen molar-refractivity contribution in [2.45, 2.75) is 39.7 Å². The van der Waals surface area contributed by atoms with E-state index in [1.807, 2.05) is 13.0 Å². The number of hydrazine groups is 1. The van der Waals surface area contributed by atoms with E-state index >= 15 is 0 Å². The Labute approximate surface area is 102 Å². The van der Waals surface area contributed by atoms with E-state index in [2.05, 4.69) is 19.3 Å². The van der Waals surface area contributed by atoms with Crippen LogP contribution in [0, 0.1) is 24.1 Å². The second kappa shape index (κ2) is 4.39. The number of rotatable bonds is 4. The summed E-state index contributed by atoms with van der Waals surface area (Å²) in [5.74, 6) is 6.09. The van der Waals surface area contributed by atoms with Gasteiger partial charge < -0.3 is 0 Å². The molecule has 17 heavy (non-hydrogen) atoms. The molecule has 1 fully saturated rings. The van der Waals surface area contributed by atoms with Crippen molar-refractivity contribution in [3.8, 4) is 0 Å². The van der Waals surface area contributed by atoms with Crippen molar-refractivity contribution in [2.24, 2.45) is 17.2 Å². The van der Waals surface area contributed by atoms with Crippen molar-refractivity contribution in [3.63, 3.8) is 0 Å². The number of halogens is 1. The molecule has 3 heteroatoms. The third-order valence-electron chi connectivity index (χ3n) is 4.03.